The highest BCUT2D eigenvalue weighted by Gasteiger charge is 2.38. The fraction of sp³-hybridized carbons (Fsp3) is 0.587. The number of unbranched alkanes of at least 4 members (excludes halogenated alkanes) is 2. The molecule has 1 saturated heterocycles. The number of nitrogens with two attached hydrogens (primary N) is 6. The molecule has 8 amide bonds. The molecule has 7 atom stereocenters. The van der Waals surface area contributed by atoms with E-state index in [0.717, 1.165) is 0 Å². The molecule has 1 aliphatic rings. The Hall–Kier alpha value is -6.62. The maximum Gasteiger partial charge on any atom is 0.352 e. The van der Waals surface area contributed by atoms with E-state index in [1.807, 2.05) is 0 Å². The van der Waals surface area contributed by atoms with Crippen molar-refractivity contribution in [2.75, 3.05) is 45.8 Å². The first-order valence-corrected chi connectivity index (χ1v) is 24.8. The van der Waals surface area contributed by atoms with Crippen molar-refractivity contribution < 1.29 is 53.4 Å². The van der Waals surface area contributed by atoms with Gasteiger partial charge in [-0.15, -0.1) is 0 Å². The van der Waals surface area contributed by atoms with Crippen molar-refractivity contribution in [2.24, 2.45) is 39.4 Å². The van der Waals surface area contributed by atoms with Crippen LogP contribution in [-0.4, -0.2) is 168 Å². The van der Waals surface area contributed by atoms with E-state index in [0.29, 0.717) is 49.2 Å². The Kier molecular flexibility index (Phi) is 29.2. The molecular formula is C46H75ClN16O11. The minimum Gasteiger partial charge on any atom is -0.477 e. The second-order valence-corrected chi connectivity index (χ2v) is 17.8. The molecule has 0 aromatic heterocycles. The summed E-state index contributed by atoms with van der Waals surface area (Å²) >= 11 is 6.11. The molecule has 1 aromatic carbocycles. The highest BCUT2D eigenvalue weighted by molar-refractivity contribution is 6.40. The van der Waals surface area contributed by atoms with Crippen LogP contribution in [0.25, 0.3) is 0 Å². The number of halogens is 1. The Morgan fingerprint density at radius 3 is 2.08 bits per heavy atom. The van der Waals surface area contributed by atoms with Crippen molar-refractivity contribution in [1.29, 1.82) is 5.41 Å². The number of carboxylic acid groups (broad SMARTS) is 1. The number of amides is 8. The van der Waals surface area contributed by atoms with Crippen LogP contribution in [0.15, 0.2) is 41.0 Å². The van der Waals surface area contributed by atoms with Crippen LogP contribution >= 0.6 is 11.6 Å². The average molecular weight is 1060 g/mol. The zero-order chi connectivity index (χ0) is 55.3. The van der Waals surface area contributed by atoms with Crippen LogP contribution in [0.4, 0.5) is 0 Å². The molecule has 412 valence electrons. The zero-order valence-electron chi connectivity index (χ0n) is 41.7. The summed E-state index contributed by atoms with van der Waals surface area (Å²) in [5.74, 6) is -8.53. The van der Waals surface area contributed by atoms with E-state index in [2.05, 4.69) is 42.2 Å². The topological polar surface area (TPSA) is 474 Å². The fourth-order valence-electron chi connectivity index (χ4n) is 7.38. The molecule has 27 nitrogen and oxygen atoms in total. The van der Waals surface area contributed by atoms with Gasteiger partial charge in [0, 0.05) is 31.1 Å². The monoisotopic (exact) mass is 1060 g/mol. The lowest BCUT2D eigenvalue weighted by molar-refractivity contribution is -0.137. The van der Waals surface area contributed by atoms with Gasteiger partial charge in [0.05, 0.1) is 18.7 Å². The summed E-state index contributed by atoms with van der Waals surface area (Å²) in [5, 5.41) is 45.1. The number of aliphatic hydroxyl groups is 1. The maximum atomic E-state index is 14.2. The van der Waals surface area contributed by atoms with Gasteiger partial charge in [0.15, 0.2) is 5.96 Å². The summed E-state index contributed by atoms with van der Waals surface area (Å²) in [6.07, 6.45) is 2.51. The molecule has 22 N–H and O–H groups in total. The van der Waals surface area contributed by atoms with Crippen LogP contribution in [-0.2, 0) is 49.6 Å². The largest absolute Gasteiger partial charge is 0.477 e. The van der Waals surface area contributed by atoms with Crippen molar-refractivity contribution in [2.45, 2.75) is 126 Å². The predicted molar refractivity (Wildman–Crippen MR) is 274 cm³/mol. The van der Waals surface area contributed by atoms with Crippen LogP contribution < -0.4 is 71.6 Å². The number of carboxylic acids is 1. The van der Waals surface area contributed by atoms with Gasteiger partial charge >= 0.3 is 5.97 Å². The second kappa shape index (κ2) is 34.0. The van der Waals surface area contributed by atoms with Gasteiger partial charge in [0.25, 0.3) is 11.8 Å². The number of rotatable bonds is 33. The van der Waals surface area contributed by atoms with Crippen LogP contribution in [0.1, 0.15) is 83.1 Å². The Morgan fingerprint density at radius 2 is 1.47 bits per heavy atom. The number of aliphatic hydroxyl groups excluding tert-OH is 1. The first-order valence-electron chi connectivity index (χ1n) is 24.4. The SMILES string of the molecule is C[C@H](NC(=O)[C@@H](NC(=O)[C@@H](N)CCCCN)[C@@H](O)CN)C(=O)NCC(=O)/N=C(\CCCN)C(=O)N1CCC[C@H]1C(=O)N[C@@H](Cc1ccc(Cl)cc1)C(=O)N[C@@H](CCCCN)C(=O)N/C(=C\CCNC(=N)N)C(=O)O. The first-order chi connectivity index (χ1) is 35.2. The number of aliphatic carboxylic acids is 1. The third-order valence-electron chi connectivity index (χ3n) is 11.5. The quantitative estimate of drug-likeness (QED) is 0.0137. The lowest BCUT2D eigenvalue weighted by Gasteiger charge is -2.28. The summed E-state index contributed by atoms with van der Waals surface area (Å²) < 4.78 is 0. The molecule has 0 bridgehead atoms. The van der Waals surface area contributed by atoms with Crippen LogP contribution in [0, 0.1) is 5.41 Å². The number of carbonyl (C=O) groups excluding carboxylic acids is 8. The maximum absolute atomic E-state index is 14.2. The fourth-order valence-corrected chi connectivity index (χ4v) is 7.50. The van der Waals surface area contributed by atoms with Gasteiger partial charge in [-0.1, -0.05) is 36.2 Å². The van der Waals surface area contributed by atoms with Gasteiger partial charge in [0.2, 0.25) is 35.4 Å². The number of nitrogens with one attached hydrogen (secondary N) is 8. The van der Waals surface area contributed by atoms with Crippen LogP contribution in [0.3, 0.4) is 0 Å². The Labute approximate surface area is 434 Å². The lowest BCUT2D eigenvalue weighted by atomic mass is 10.0. The number of carbonyl (C=O) groups is 9. The molecule has 0 aliphatic carbocycles. The summed E-state index contributed by atoms with van der Waals surface area (Å²) in [6, 6.07) is -1.30. The number of likely N-dealkylation sites (tertiary alicyclic amines) is 1. The molecule has 0 saturated carbocycles. The third kappa shape index (κ3) is 22.7. The third-order valence-corrected chi connectivity index (χ3v) is 11.7. The van der Waals surface area contributed by atoms with Gasteiger partial charge in [-0.3, -0.25) is 43.8 Å². The second-order valence-electron chi connectivity index (χ2n) is 17.4. The van der Waals surface area contributed by atoms with Gasteiger partial charge < -0.3 is 86.7 Å². The predicted octanol–water partition coefficient (Wildman–Crippen LogP) is -4.48. The molecule has 1 fully saturated rings. The van der Waals surface area contributed by atoms with E-state index in [1.165, 1.54) is 17.9 Å². The van der Waals surface area contributed by atoms with E-state index in [9.17, 15) is 53.4 Å². The summed E-state index contributed by atoms with van der Waals surface area (Å²) in [4.78, 5) is 125. The Balaban J connectivity index is 2.29. The molecule has 1 aromatic rings. The molecule has 0 spiro atoms. The number of guanidine groups is 1. The minimum atomic E-state index is -1.57. The normalized spacial score (nSPS) is 16.1. The molecule has 74 heavy (non-hydrogen) atoms. The summed E-state index contributed by atoms with van der Waals surface area (Å²) in [7, 11) is 0. The van der Waals surface area contributed by atoms with Crippen molar-refractivity contribution >= 4 is 76.5 Å². The molecular weight excluding hydrogens is 988 g/mol. The molecule has 0 radical (unpaired) electrons. The molecule has 2 rings (SSSR count). The first kappa shape index (κ1) is 63.5. The lowest BCUT2D eigenvalue weighted by Crippen LogP contribution is -2.60. The number of aliphatic imine (C=N–C) groups is 1. The van der Waals surface area contributed by atoms with Crippen LogP contribution in [0.2, 0.25) is 5.02 Å². The van der Waals surface area contributed by atoms with E-state index in [-0.39, 0.29) is 82.8 Å². The van der Waals surface area contributed by atoms with Gasteiger partial charge in [0.1, 0.15) is 41.6 Å². The number of hydrogen-bond acceptors (Lipinski definition) is 16. The zero-order valence-corrected chi connectivity index (χ0v) is 42.4. The van der Waals surface area contributed by atoms with E-state index in [1.54, 1.807) is 24.3 Å². The molecule has 28 heteroatoms. The highest BCUT2D eigenvalue weighted by Crippen LogP contribution is 2.20. The van der Waals surface area contributed by atoms with E-state index in [4.69, 9.17) is 51.4 Å². The summed E-state index contributed by atoms with van der Waals surface area (Å²) in [5.41, 5.74) is 33.5. The average Bonchev–Trinajstić information content (AvgIpc) is 3.87. The van der Waals surface area contributed by atoms with Crippen molar-refractivity contribution in [1.82, 2.24) is 42.1 Å². The number of nitrogens with zero attached hydrogens (tertiary/aromatic N) is 2. The van der Waals surface area contributed by atoms with Crippen molar-refractivity contribution in [3.05, 3.63) is 46.6 Å². The number of benzene rings is 1. The number of hydrogen-bond donors (Lipinski definition) is 16. The molecule has 1 aliphatic heterocycles. The van der Waals surface area contributed by atoms with E-state index >= 15 is 0 Å². The summed E-state index contributed by atoms with van der Waals surface area (Å²) in [6.45, 7) is 1.04. The van der Waals surface area contributed by atoms with Crippen molar-refractivity contribution in [3.63, 3.8) is 0 Å². The van der Waals surface area contributed by atoms with E-state index < -0.39 is 114 Å². The molecule has 1 heterocycles. The van der Waals surface area contributed by atoms with Gasteiger partial charge in [-0.2, -0.15) is 0 Å². The minimum absolute atomic E-state index is 0.0390. The van der Waals surface area contributed by atoms with Gasteiger partial charge in [-0.05, 0) is 108 Å². The smallest absolute Gasteiger partial charge is 0.352 e. The Morgan fingerprint density at radius 1 is 0.824 bits per heavy atom. The van der Waals surface area contributed by atoms with Gasteiger partial charge in [-0.25, -0.2) is 9.79 Å². The standard InChI is InChI=1S/C46H75ClN16O11/c1-26(57-43(71)37(35(64)24-51)62-39(67)29(52)9-2-4-18-48)38(66)56-25-36(65)58-31(11-6-20-50)44(72)63-22-8-13-34(63)42(70)61-33(23-27-14-16-28(47)17-15-27)41(69)59-30(10-3-5-19-49)40(68)60-32(45(73)74)12-7-21-55-46(53)54/h12,14-17,26,29-30,33-35,37,64H,2-11,13,18-25,48-52H2,1H3,(H,56,66)(H,57,71)(H,59,69)(H,60,68)(H,61,70)(H,62,67)(H,73,74)(H4,53,54,55)/b32-12-,58-31+/t26-,29-,30-,33-,34-,35-,37-/m0/s1. The van der Waals surface area contributed by atoms with Crippen LogP contribution in [0.5, 0.6) is 0 Å². The highest BCUT2D eigenvalue weighted by atomic mass is 35.5. The Bertz CT molecular complexity index is 2150. The molecule has 0 unspecified atom stereocenters. The van der Waals surface area contributed by atoms with Crippen molar-refractivity contribution in [3.8, 4) is 0 Å².